The lowest BCUT2D eigenvalue weighted by Gasteiger charge is -2.13. The summed E-state index contributed by atoms with van der Waals surface area (Å²) in [5, 5.41) is 11.7. The van der Waals surface area contributed by atoms with Crippen LogP contribution < -0.4 is 11.2 Å². The molecule has 182 valence electrons. The quantitative estimate of drug-likeness (QED) is 0.118. The van der Waals surface area contributed by atoms with Gasteiger partial charge < -0.3 is 10.6 Å². The predicted molar refractivity (Wildman–Crippen MR) is 124 cm³/mol. The Kier molecular flexibility index (Phi) is 9.74. The van der Waals surface area contributed by atoms with Crippen LogP contribution >= 0.6 is 35.0 Å². The maximum atomic E-state index is 13.0. The summed E-state index contributed by atoms with van der Waals surface area (Å²) in [7, 11) is 0. The van der Waals surface area contributed by atoms with Crippen molar-refractivity contribution in [3.8, 4) is 5.69 Å². The van der Waals surface area contributed by atoms with Crippen LogP contribution in [0.3, 0.4) is 0 Å². The number of hydrogen-bond acceptors (Lipinski definition) is 6. The summed E-state index contributed by atoms with van der Waals surface area (Å²) in [4.78, 5) is 17.2. The normalized spacial score (nSPS) is 11.5. The van der Waals surface area contributed by atoms with E-state index in [0.29, 0.717) is 23.4 Å². The number of halogens is 5. The molecule has 0 aliphatic carbocycles. The zero-order valence-corrected chi connectivity index (χ0v) is 20.3. The monoisotopic (exact) mass is 525 g/mol. The number of rotatable bonds is 9. The van der Waals surface area contributed by atoms with Crippen molar-refractivity contribution in [2.24, 2.45) is 0 Å². The van der Waals surface area contributed by atoms with Crippen LogP contribution in [0.2, 0.25) is 10.0 Å². The van der Waals surface area contributed by atoms with Crippen molar-refractivity contribution in [3.05, 3.63) is 33.4 Å². The van der Waals surface area contributed by atoms with Crippen LogP contribution in [-0.2, 0) is 15.8 Å². The molecule has 0 aliphatic rings. The molecule has 2 aromatic rings. The number of nitrogens with one attached hydrogen (secondary N) is 2. The number of unbranched alkanes of at least 4 members (excludes halogenated alkanes) is 4. The summed E-state index contributed by atoms with van der Waals surface area (Å²) >= 11 is 13.3. The molecule has 7 nitrogen and oxygen atoms in total. The largest absolute Gasteiger partial charge is 0.416 e. The van der Waals surface area contributed by atoms with Gasteiger partial charge in [-0.25, -0.2) is 9.48 Å². The fraction of sp³-hybridized carbons (Fsp3) is 0.450. The van der Waals surface area contributed by atoms with Crippen molar-refractivity contribution in [1.29, 1.82) is 5.41 Å². The number of nitrogens with two attached hydrogens (primary N) is 1. The topological polar surface area (TPSA) is 106 Å². The van der Waals surface area contributed by atoms with Gasteiger partial charge in [0.2, 0.25) is 0 Å². The van der Waals surface area contributed by atoms with Gasteiger partial charge in [0, 0.05) is 6.42 Å². The Bertz CT molecular complexity index is 991. The predicted octanol–water partition coefficient (Wildman–Crippen LogP) is 6.24. The Balaban J connectivity index is 2.20. The molecule has 13 heteroatoms. The number of amidine groups is 1. The van der Waals surface area contributed by atoms with E-state index in [1.165, 1.54) is 0 Å². The Morgan fingerprint density at radius 2 is 1.85 bits per heavy atom. The van der Waals surface area contributed by atoms with Gasteiger partial charge in [0.25, 0.3) is 0 Å². The van der Waals surface area contributed by atoms with Crippen LogP contribution in [0.4, 0.5) is 19.0 Å². The SMILES string of the molecule is CCCCCCCC(=O)ONC(=N)c1nn(-c2c(Cl)cc(C(F)(F)F)cc2Cl)c(N)c1SC. The van der Waals surface area contributed by atoms with Gasteiger partial charge in [-0.2, -0.15) is 23.8 Å². The van der Waals surface area contributed by atoms with Crippen molar-refractivity contribution in [3.63, 3.8) is 0 Å². The van der Waals surface area contributed by atoms with Crippen LogP contribution in [-0.4, -0.2) is 27.8 Å². The first kappa shape index (κ1) is 27.1. The van der Waals surface area contributed by atoms with Gasteiger partial charge in [0.1, 0.15) is 17.2 Å². The highest BCUT2D eigenvalue weighted by atomic mass is 35.5. The molecule has 0 spiro atoms. The number of hydroxylamine groups is 1. The Morgan fingerprint density at radius 3 is 2.39 bits per heavy atom. The number of carbonyl (C=O) groups excluding carboxylic acids is 1. The minimum Gasteiger partial charge on any atom is -0.383 e. The van der Waals surface area contributed by atoms with Crippen molar-refractivity contribution in [2.45, 2.75) is 56.5 Å². The molecule has 1 aromatic heterocycles. The molecule has 2 rings (SSSR count). The van der Waals surface area contributed by atoms with E-state index in [1.807, 2.05) is 0 Å². The summed E-state index contributed by atoms with van der Waals surface area (Å²) in [6.45, 7) is 2.10. The van der Waals surface area contributed by atoms with Crippen LogP contribution in [0.5, 0.6) is 0 Å². The van der Waals surface area contributed by atoms with Crippen LogP contribution in [0, 0.1) is 5.41 Å². The number of thioether (sulfide) groups is 1. The van der Waals surface area contributed by atoms with Gasteiger partial charge in [-0.05, 0) is 24.8 Å². The lowest BCUT2D eigenvalue weighted by atomic mass is 10.1. The second-order valence-corrected chi connectivity index (χ2v) is 8.71. The minimum atomic E-state index is -4.64. The third-order valence-corrected chi connectivity index (χ3v) is 6.01. The number of alkyl halides is 3. The molecule has 1 aromatic carbocycles. The van der Waals surface area contributed by atoms with Gasteiger partial charge in [0.15, 0.2) is 5.84 Å². The van der Waals surface area contributed by atoms with Gasteiger partial charge in [-0.1, -0.05) is 55.8 Å². The molecule has 0 atom stereocenters. The van der Waals surface area contributed by atoms with E-state index < -0.39 is 17.7 Å². The van der Waals surface area contributed by atoms with Crippen LogP contribution in [0.15, 0.2) is 17.0 Å². The molecule has 0 radical (unpaired) electrons. The number of hydrogen-bond donors (Lipinski definition) is 3. The number of nitrogens with zero attached hydrogens (tertiary/aromatic N) is 2. The Morgan fingerprint density at radius 1 is 1.24 bits per heavy atom. The highest BCUT2D eigenvalue weighted by Gasteiger charge is 2.33. The minimum absolute atomic E-state index is 0.00913. The van der Waals surface area contributed by atoms with Gasteiger partial charge >= 0.3 is 12.1 Å². The second-order valence-electron chi connectivity index (χ2n) is 7.08. The van der Waals surface area contributed by atoms with E-state index in [9.17, 15) is 18.0 Å². The third kappa shape index (κ3) is 6.94. The molecule has 0 amide bonds. The molecule has 4 N–H and O–H groups in total. The fourth-order valence-electron chi connectivity index (χ4n) is 2.96. The van der Waals surface area contributed by atoms with E-state index in [0.717, 1.165) is 42.1 Å². The van der Waals surface area contributed by atoms with E-state index in [-0.39, 0.29) is 39.5 Å². The lowest BCUT2D eigenvalue weighted by molar-refractivity contribution is -0.148. The highest BCUT2D eigenvalue weighted by molar-refractivity contribution is 7.98. The first-order valence-electron chi connectivity index (χ1n) is 10.0. The van der Waals surface area contributed by atoms with Crippen molar-refractivity contribution < 1.29 is 22.8 Å². The van der Waals surface area contributed by atoms with Crippen molar-refractivity contribution >= 4 is 52.6 Å². The first-order valence-corrected chi connectivity index (χ1v) is 12.0. The maximum Gasteiger partial charge on any atom is 0.416 e. The molecular weight excluding hydrogens is 502 g/mol. The highest BCUT2D eigenvalue weighted by Crippen LogP contribution is 2.39. The number of nitrogen functional groups attached to an aromatic ring is 1. The lowest BCUT2D eigenvalue weighted by Crippen LogP contribution is -2.28. The van der Waals surface area contributed by atoms with E-state index >= 15 is 0 Å². The summed E-state index contributed by atoms with van der Waals surface area (Å²) in [6, 6.07) is 1.43. The van der Waals surface area contributed by atoms with Crippen LogP contribution in [0.25, 0.3) is 5.69 Å². The Labute approximate surface area is 203 Å². The summed E-state index contributed by atoms with van der Waals surface area (Å²) < 4.78 is 40.1. The van der Waals surface area contributed by atoms with Gasteiger partial charge in [-0.3, -0.25) is 5.41 Å². The molecule has 0 aliphatic heterocycles. The van der Waals surface area contributed by atoms with Crippen LogP contribution in [0.1, 0.15) is 56.7 Å². The maximum absolute atomic E-state index is 13.0. The molecule has 0 unspecified atom stereocenters. The van der Waals surface area contributed by atoms with Crippen molar-refractivity contribution in [1.82, 2.24) is 15.3 Å². The Hall–Kier alpha value is -2.11. The van der Waals surface area contributed by atoms with E-state index in [4.69, 9.17) is 39.2 Å². The van der Waals surface area contributed by atoms with Crippen molar-refractivity contribution in [2.75, 3.05) is 12.0 Å². The second kappa shape index (κ2) is 11.8. The zero-order chi connectivity index (χ0) is 24.8. The average molecular weight is 526 g/mol. The summed E-state index contributed by atoms with van der Waals surface area (Å²) in [6.07, 6.45) is 2.06. The molecule has 0 bridgehead atoms. The first-order chi connectivity index (χ1) is 15.5. The van der Waals surface area contributed by atoms with Gasteiger partial charge in [-0.15, -0.1) is 11.8 Å². The average Bonchev–Trinajstić information content (AvgIpc) is 3.06. The summed E-state index contributed by atoms with van der Waals surface area (Å²) in [5.74, 6) is -0.874. The molecule has 0 fully saturated rings. The fourth-order valence-corrected chi connectivity index (χ4v) is 4.24. The van der Waals surface area contributed by atoms with E-state index in [2.05, 4.69) is 17.5 Å². The number of carbonyl (C=O) groups is 1. The van der Waals surface area contributed by atoms with E-state index in [1.54, 1.807) is 6.26 Å². The summed E-state index contributed by atoms with van der Waals surface area (Å²) in [5.41, 5.74) is 7.29. The molecule has 33 heavy (non-hydrogen) atoms. The standard InChI is InChI=1S/C20H24Cl2F3N5O2S/c1-3-4-5-6-7-8-14(31)32-29-18(26)15-17(33-2)19(27)30(28-15)16-12(21)9-11(10-13(16)22)20(23,24)25/h9-10H,3-8,27H2,1-2H3,(H2,26,29). The number of aromatic nitrogens is 2. The molecule has 0 saturated carbocycles. The smallest absolute Gasteiger partial charge is 0.383 e. The van der Waals surface area contributed by atoms with Gasteiger partial charge in [0.05, 0.1) is 20.5 Å². The number of anilines is 1. The molecular formula is C20H24Cl2F3N5O2S. The molecule has 0 saturated heterocycles. The number of benzene rings is 1. The molecule has 1 heterocycles. The third-order valence-electron chi connectivity index (χ3n) is 4.62. The zero-order valence-electron chi connectivity index (χ0n) is 18.0.